The van der Waals surface area contributed by atoms with Crippen LogP contribution >= 0.6 is 22.6 Å². The molecule has 0 fully saturated rings. The highest BCUT2D eigenvalue weighted by molar-refractivity contribution is 14.1. The Labute approximate surface area is 87.8 Å². The molecule has 2 N–H and O–H groups in total. The lowest BCUT2D eigenvalue weighted by atomic mass is 10.4. The fraction of sp³-hybridized carbons (Fsp3) is 0.167. The fourth-order valence-electron chi connectivity index (χ4n) is 0.723. The first kappa shape index (κ1) is 9.96. The van der Waals surface area contributed by atoms with E-state index in [0.29, 0.717) is 0 Å². The third-order valence-electron chi connectivity index (χ3n) is 1.17. The zero-order valence-corrected chi connectivity index (χ0v) is 8.89. The molecule has 0 unspecified atom stereocenters. The topological polar surface area (TPSA) is 79.5 Å². The quantitative estimate of drug-likeness (QED) is 0.477. The predicted molar refractivity (Wildman–Crippen MR) is 54.7 cm³/mol. The summed E-state index contributed by atoms with van der Waals surface area (Å²) in [6.45, 7) is 0. The molecule has 0 aliphatic heterocycles. The van der Waals surface area contributed by atoms with E-state index in [9.17, 15) is 4.79 Å². The summed E-state index contributed by atoms with van der Waals surface area (Å²) in [6, 6.07) is 0. The van der Waals surface area contributed by atoms with Gasteiger partial charge in [0.2, 0.25) is 0 Å². The monoisotopic (exact) mass is 294 g/mol. The highest BCUT2D eigenvalue weighted by atomic mass is 127. The number of carboxylic acid groups (broad SMARTS) is 1. The van der Waals surface area contributed by atoms with Crippen LogP contribution in [0.1, 0.15) is 5.56 Å². The maximum atomic E-state index is 10.0. The molecule has 1 rings (SSSR count). The number of hydrogen-bond acceptors (Lipinski definition) is 3. The molecule has 1 heterocycles. The van der Waals surface area contributed by atoms with Gasteiger partial charge in [-0.3, -0.25) is 4.68 Å². The van der Waals surface area contributed by atoms with Crippen molar-refractivity contribution in [3.05, 3.63) is 15.5 Å². The van der Waals surface area contributed by atoms with Crippen molar-refractivity contribution < 1.29 is 9.90 Å². The molecule has 0 atom stereocenters. The maximum absolute atomic E-state index is 10.0. The van der Waals surface area contributed by atoms with Crippen LogP contribution in [-0.4, -0.2) is 27.2 Å². The summed E-state index contributed by atoms with van der Waals surface area (Å²) in [4.78, 5) is 10.0. The highest BCUT2D eigenvalue weighted by Crippen LogP contribution is 2.05. The zero-order valence-electron chi connectivity index (χ0n) is 6.73. The third-order valence-corrected chi connectivity index (χ3v) is 2.01. The molecule has 0 saturated heterocycles. The number of aromatic nitrogens is 2. The molecular weight excluding hydrogens is 287 g/mol. The molecule has 13 heavy (non-hydrogen) atoms. The van der Waals surface area contributed by atoms with Crippen LogP contribution in [0.5, 0.6) is 0 Å². The lowest BCUT2D eigenvalue weighted by Gasteiger charge is -1.87. The number of nitrogens with zero attached hydrogens (tertiary/aromatic N) is 3. The van der Waals surface area contributed by atoms with Crippen molar-refractivity contribution in [2.45, 2.75) is 0 Å². The molecule has 7 heteroatoms. The van der Waals surface area contributed by atoms with Gasteiger partial charge < -0.3 is 5.11 Å². The number of hydrazone groups is 1. The van der Waals surface area contributed by atoms with Gasteiger partial charge in [0.05, 0.1) is 6.21 Å². The normalized spacial score (nSPS) is 10.6. The Morgan fingerprint density at radius 3 is 3.08 bits per heavy atom. The molecule has 1 amide bonds. The Hall–Kier alpha value is -1.12. The molecule has 0 aliphatic carbocycles. The first-order valence-electron chi connectivity index (χ1n) is 3.30. The van der Waals surface area contributed by atoms with Crippen molar-refractivity contribution >= 4 is 34.9 Å². The second kappa shape index (κ2) is 4.21. The number of hydrogen-bond donors (Lipinski definition) is 2. The van der Waals surface area contributed by atoms with Gasteiger partial charge in [0.15, 0.2) is 0 Å². The van der Waals surface area contributed by atoms with Crippen LogP contribution in [0, 0.1) is 3.70 Å². The first-order valence-corrected chi connectivity index (χ1v) is 4.38. The lowest BCUT2D eigenvalue weighted by molar-refractivity contribution is 0.195. The van der Waals surface area contributed by atoms with Gasteiger partial charge in [0.1, 0.15) is 3.70 Å². The third kappa shape index (κ3) is 3.01. The van der Waals surface area contributed by atoms with E-state index >= 15 is 0 Å². The van der Waals surface area contributed by atoms with E-state index in [1.807, 2.05) is 28.0 Å². The van der Waals surface area contributed by atoms with E-state index in [-0.39, 0.29) is 0 Å². The standard InChI is InChI=1S/C6H7IN4O2/c1-11-3-4(5(7)10-11)2-8-9-6(12)13/h2-3,9H,1H3,(H,12,13)/b8-2+. The minimum absolute atomic E-state index is 0.774. The number of aryl methyl sites for hydroxylation is 1. The summed E-state index contributed by atoms with van der Waals surface area (Å²) in [5, 5.41) is 15.7. The van der Waals surface area contributed by atoms with Crippen LogP contribution in [0.25, 0.3) is 0 Å². The van der Waals surface area contributed by atoms with Crippen molar-refractivity contribution in [1.29, 1.82) is 0 Å². The second-order valence-electron chi connectivity index (χ2n) is 2.22. The van der Waals surface area contributed by atoms with E-state index in [2.05, 4.69) is 10.2 Å². The highest BCUT2D eigenvalue weighted by Gasteiger charge is 2.00. The van der Waals surface area contributed by atoms with Gasteiger partial charge in [-0.25, -0.2) is 10.2 Å². The Morgan fingerprint density at radius 1 is 1.92 bits per heavy atom. The number of nitrogens with one attached hydrogen (secondary N) is 1. The van der Waals surface area contributed by atoms with Crippen LogP contribution < -0.4 is 5.43 Å². The van der Waals surface area contributed by atoms with Crippen molar-refractivity contribution in [1.82, 2.24) is 15.2 Å². The van der Waals surface area contributed by atoms with Crippen LogP contribution in [0.15, 0.2) is 11.3 Å². The average Bonchev–Trinajstić information content (AvgIpc) is 2.29. The Kier molecular flexibility index (Phi) is 3.23. The molecule has 1 aromatic rings. The summed E-state index contributed by atoms with van der Waals surface area (Å²) < 4.78 is 2.40. The molecular formula is C6H7IN4O2. The molecule has 6 nitrogen and oxygen atoms in total. The van der Waals surface area contributed by atoms with Crippen LogP contribution in [0.3, 0.4) is 0 Å². The zero-order chi connectivity index (χ0) is 9.84. The largest absolute Gasteiger partial charge is 0.464 e. The van der Waals surface area contributed by atoms with Gasteiger partial charge in [0, 0.05) is 18.8 Å². The van der Waals surface area contributed by atoms with Crippen molar-refractivity contribution in [2.75, 3.05) is 0 Å². The van der Waals surface area contributed by atoms with Crippen LogP contribution in [0.2, 0.25) is 0 Å². The van der Waals surface area contributed by atoms with Crippen LogP contribution in [-0.2, 0) is 7.05 Å². The molecule has 0 saturated carbocycles. The van der Waals surface area contributed by atoms with Crippen molar-refractivity contribution in [3.8, 4) is 0 Å². The Morgan fingerprint density at radius 2 is 2.62 bits per heavy atom. The molecule has 0 radical (unpaired) electrons. The second-order valence-corrected chi connectivity index (χ2v) is 3.25. The van der Waals surface area contributed by atoms with Gasteiger partial charge in [-0.05, 0) is 22.6 Å². The predicted octanol–water partition coefficient (Wildman–Crippen LogP) is 0.626. The number of rotatable bonds is 2. The summed E-state index contributed by atoms with van der Waals surface area (Å²) in [6.07, 6.45) is 1.97. The minimum atomic E-state index is -1.19. The van der Waals surface area contributed by atoms with Crippen LogP contribution in [0.4, 0.5) is 4.79 Å². The number of amides is 1. The Balaban J connectivity index is 2.68. The fourth-order valence-corrected chi connectivity index (χ4v) is 1.34. The van der Waals surface area contributed by atoms with E-state index in [0.717, 1.165) is 9.26 Å². The van der Waals surface area contributed by atoms with Crippen molar-refractivity contribution in [2.24, 2.45) is 12.1 Å². The number of carbonyl (C=O) groups is 1. The van der Waals surface area contributed by atoms with E-state index in [1.165, 1.54) is 6.21 Å². The first-order chi connectivity index (χ1) is 6.09. The van der Waals surface area contributed by atoms with E-state index in [1.54, 1.807) is 17.9 Å². The summed E-state index contributed by atoms with van der Waals surface area (Å²) in [5.41, 5.74) is 2.65. The molecule has 70 valence electrons. The van der Waals surface area contributed by atoms with Gasteiger partial charge in [0.25, 0.3) is 0 Å². The molecule has 0 aliphatic rings. The smallest absolute Gasteiger partial charge is 0.425 e. The van der Waals surface area contributed by atoms with Gasteiger partial charge in [-0.2, -0.15) is 10.2 Å². The molecule has 0 bridgehead atoms. The van der Waals surface area contributed by atoms with Gasteiger partial charge in [-0.15, -0.1) is 0 Å². The van der Waals surface area contributed by atoms with Crippen molar-refractivity contribution in [3.63, 3.8) is 0 Å². The molecule has 1 aromatic heterocycles. The number of halogens is 1. The van der Waals surface area contributed by atoms with E-state index in [4.69, 9.17) is 5.11 Å². The Bertz CT molecular complexity index is 346. The van der Waals surface area contributed by atoms with Gasteiger partial charge in [-0.1, -0.05) is 0 Å². The average molecular weight is 294 g/mol. The molecule has 0 spiro atoms. The minimum Gasteiger partial charge on any atom is -0.464 e. The summed E-state index contributed by atoms with van der Waals surface area (Å²) >= 11 is 2.04. The van der Waals surface area contributed by atoms with Gasteiger partial charge >= 0.3 is 6.09 Å². The van der Waals surface area contributed by atoms with E-state index < -0.39 is 6.09 Å². The molecule has 0 aromatic carbocycles. The maximum Gasteiger partial charge on any atom is 0.425 e. The lowest BCUT2D eigenvalue weighted by Crippen LogP contribution is -2.13. The SMILES string of the molecule is Cn1cc(/C=N/NC(=O)O)c(I)n1. The summed E-state index contributed by atoms with van der Waals surface area (Å²) in [5.74, 6) is 0. The summed E-state index contributed by atoms with van der Waals surface area (Å²) in [7, 11) is 1.78.